The van der Waals surface area contributed by atoms with Crippen LogP contribution in [0.5, 0.6) is 0 Å². The van der Waals surface area contributed by atoms with E-state index in [1.165, 1.54) is 7.11 Å². The number of benzene rings is 1. The van der Waals surface area contributed by atoms with Gasteiger partial charge in [-0.3, -0.25) is 4.21 Å². The Morgan fingerprint density at radius 1 is 1.35 bits per heavy atom. The first kappa shape index (κ1) is 13.7. The molecule has 0 aromatic heterocycles. The molecule has 0 unspecified atom stereocenters. The van der Waals surface area contributed by atoms with Crippen LogP contribution in [0.3, 0.4) is 0 Å². The summed E-state index contributed by atoms with van der Waals surface area (Å²) in [5, 5.41) is 3.70. The fraction of sp³-hybridized carbons (Fsp3) is 0.417. The molecule has 0 spiro atoms. The molecule has 0 saturated heterocycles. The predicted molar refractivity (Wildman–Crippen MR) is 68.5 cm³/mol. The number of hydrogen-bond donors (Lipinski definition) is 0. The quantitative estimate of drug-likeness (QED) is 0.460. The van der Waals surface area contributed by atoms with E-state index in [-0.39, 0.29) is 5.75 Å². The Morgan fingerprint density at radius 3 is 2.53 bits per heavy atom. The van der Waals surface area contributed by atoms with Gasteiger partial charge in [-0.2, -0.15) is 0 Å². The third kappa shape index (κ3) is 4.56. The van der Waals surface area contributed by atoms with Gasteiger partial charge in [0.1, 0.15) is 12.9 Å². The second-order valence-corrected chi connectivity index (χ2v) is 4.85. The van der Waals surface area contributed by atoms with Crippen molar-refractivity contribution in [3.63, 3.8) is 0 Å². The highest BCUT2D eigenvalue weighted by Crippen LogP contribution is 2.09. The Labute approximate surface area is 104 Å². The second-order valence-electron chi connectivity index (χ2n) is 3.40. The molecule has 1 aromatic carbocycles. The van der Waals surface area contributed by atoms with E-state index in [1.54, 1.807) is 0 Å². The molecule has 4 nitrogen and oxygen atoms in total. The van der Waals surface area contributed by atoms with E-state index in [2.05, 4.69) is 9.99 Å². The van der Waals surface area contributed by atoms with E-state index in [0.29, 0.717) is 12.5 Å². The van der Waals surface area contributed by atoms with Crippen molar-refractivity contribution in [2.75, 3.05) is 19.5 Å². The van der Waals surface area contributed by atoms with E-state index in [0.717, 1.165) is 10.5 Å². The minimum atomic E-state index is -1.16. The van der Waals surface area contributed by atoms with Gasteiger partial charge in [0.2, 0.25) is 5.90 Å². The maximum absolute atomic E-state index is 12.0. The van der Waals surface area contributed by atoms with Gasteiger partial charge < -0.3 is 9.57 Å². The third-order valence-corrected chi connectivity index (χ3v) is 3.35. The van der Waals surface area contributed by atoms with Crippen LogP contribution in [0.25, 0.3) is 0 Å². The zero-order valence-corrected chi connectivity index (χ0v) is 11.1. The summed E-state index contributed by atoms with van der Waals surface area (Å²) in [5.74, 6) is 0.582. The van der Waals surface area contributed by atoms with Gasteiger partial charge in [0.25, 0.3) is 0 Å². The summed E-state index contributed by atoms with van der Waals surface area (Å²) in [6.45, 7) is 4.32. The standard InChI is InChI=1S/C12H17NO3S/c1-4-16-12(13-15-3)9-17(14)11-7-5-10(2)6-8-11/h5-8H,4,9H2,1-3H3/t17-/m1/s1. The lowest BCUT2D eigenvalue weighted by Gasteiger charge is -2.06. The van der Waals surface area contributed by atoms with Crippen molar-refractivity contribution < 1.29 is 13.8 Å². The molecule has 0 saturated carbocycles. The van der Waals surface area contributed by atoms with Crippen LogP contribution < -0.4 is 0 Å². The molecule has 0 radical (unpaired) electrons. The van der Waals surface area contributed by atoms with Gasteiger partial charge in [0.15, 0.2) is 0 Å². The molecule has 0 heterocycles. The lowest BCUT2D eigenvalue weighted by molar-refractivity contribution is 0.192. The smallest absolute Gasteiger partial charge is 0.238 e. The van der Waals surface area contributed by atoms with E-state index in [9.17, 15) is 4.21 Å². The molecule has 0 aliphatic carbocycles. The van der Waals surface area contributed by atoms with Crippen LogP contribution in [0.1, 0.15) is 12.5 Å². The van der Waals surface area contributed by atoms with Gasteiger partial charge in [-0.05, 0) is 26.0 Å². The van der Waals surface area contributed by atoms with Gasteiger partial charge in [0.05, 0.1) is 17.4 Å². The lowest BCUT2D eigenvalue weighted by Crippen LogP contribution is -2.15. The topological polar surface area (TPSA) is 47.9 Å². The molecule has 0 amide bonds. The zero-order chi connectivity index (χ0) is 12.7. The van der Waals surface area contributed by atoms with Gasteiger partial charge >= 0.3 is 0 Å². The summed E-state index contributed by atoms with van der Waals surface area (Å²) in [4.78, 5) is 5.40. The fourth-order valence-corrected chi connectivity index (χ4v) is 2.21. The number of hydrogen-bond acceptors (Lipinski definition) is 4. The Hall–Kier alpha value is -1.36. The minimum absolute atomic E-state index is 0.227. The van der Waals surface area contributed by atoms with Crippen molar-refractivity contribution in [1.29, 1.82) is 0 Å². The zero-order valence-electron chi connectivity index (χ0n) is 10.3. The molecule has 0 N–H and O–H groups in total. The molecular weight excluding hydrogens is 238 g/mol. The van der Waals surface area contributed by atoms with Crippen LogP contribution in [-0.4, -0.2) is 29.6 Å². The van der Waals surface area contributed by atoms with E-state index < -0.39 is 10.8 Å². The molecule has 1 atom stereocenters. The van der Waals surface area contributed by atoms with Crippen molar-refractivity contribution in [3.05, 3.63) is 29.8 Å². The van der Waals surface area contributed by atoms with E-state index in [4.69, 9.17) is 4.74 Å². The molecule has 1 aromatic rings. The normalized spacial score (nSPS) is 13.2. The molecule has 0 aliphatic rings. The molecule has 1 rings (SSSR count). The number of oxime groups is 1. The van der Waals surface area contributed by atoms with Crippen LogP contribution in [0.15, 0.2) is 34.3 Å². The molecule has 5 heteroatoms. The van der Waals surface area contributed by atoms with Gasteiger partial charge in [0, 0.05) is 4.90 Å². The largest absolute Gasteiger partial charge is 0.478 e. The van der Waals surface area contributed by atoms with Crippen molar-refractivity contribution in [3.8, 4) is 0 Å². The summed E-state index contributed by atoms with van der Waals surface area (Å²) in [5.41, 5.74) is 1.14. The first-order valence-corrected chi connectivity index (χ1v) is 6.67. The number of aryl methyl sites for hydroxylation is 1. The summed E-state index contributed by atoms with van der Waals surface area (Å²) in [6.07, 6.45) is 0. The molecular formula is C12H17NO3S. The Bertz CT molecular complexity index is 401. The second kappa shape index (κ2) is 7.06. The Morgan fingerprint density at radius 2 is 2.00 bits per heavy atom. The molecule has 0 aliphatic heterocycles. The first-order chi connectivity index (χ1) is 8.17. The van der Waals surface area contributed by atoms with Gasteiger partial charge in [-0.15, -0.1) is 0 Å². The summed E-state index contributed by atoms with van der Waals surface area (Å²) in [6, 6.07) is 7.56. The highest BCUT2D eigenvalue weighted by Gasteiger charge is 2.10. The maximum atomic E-state index is 12.0. The predicted octanol–water partition coefficient (Wildman–Crippen LogP) is 2.10. The molecule has 0 fully saturated rings. The molecule has 94 valence electrons. The van der Waals surface area contributed by atoms with Crippen molar-refractivity contribution in [2.45, 2.75) is 18.7 Å². The van der Waals surface area contributed by atoms with Crippen molar-refractivity contribution >= 4 is 16.7 Å². The first-order valence-electron chi connectivity index (χ1n) is 5.35. The van der Waals surface area contributed by atoms with Crippen LogP contribution in [0, 0.1) is 6.92 Å². The third-order valence-electron chi connectivity index (χ3n) is 2.04. The highest BCUT2D eigenvalue weighted by atomic mass is 32.2. The Balaban J connectivity index is 2.70. The summed E-state index contributed by atoms with van der Waals surface area (Å²) >= 11 is 0. The highest BCUT2D eigenvalue weighted by molar-refractivity contribution is 7.85. The average Bonchev–Trinajstić information content (AvgIpc) is 2.30. The minimum Gasteiger partial charge on any atom is -0.478 e. The number of nitrogens with zero attached hydrogens (tertiary/aromatic N) is 1. The molecule has 17 heavy (non-hydrogen) atoms. The maximum Gasteiger partial charge on any atom is 0.238 e. The van der Waals surface area contributed by atoms with E-state index >= 15 is 0 Å². The monoisotopic (exact) mass is 255 g/mol. The average molecular weight is 255 g/mol. The SMILES string of the molecule is CCOC(C[S@@](=O)c1ccc(C)cc1)=NOC. The van der Waals surface area contributed by atoms with Crippen LogP contribution in [-0.2, 0) is 20.4 Å². The van der Waals surface area contributed by atoms with Crippen LogP contribution in [0.4, 0.5) is 0 Å². The Kier molecular flexibility index (Phi) is 5.69. The van der Waals surface area contributed by atoms with Crippen molar-refractivity contribution in [1.82, 2.24) is 0 Å². The molecule has 0 bridgehead atoms. The van der Waals surface area contributed by atoms with Crippen LogP contribution in [0.2, 0.25) is 0 Å². The fourth-order valence-electron chi connectivity index (χ4n) is 1.25. The summed E-state index contributed by atoms with van der Waals surface area (Å²) < 4.78 is 17.2. The summed E-state index contributed by atoms with van der Waals surface area (Å²) in [7, 11) is 0.278. The van der Waals surface area contributed by atoms with E-state index in [1.807, 2.05) is 38.1 Å². The van der Waals surface area contributed by atoms with Crippen molar-refractivity contribution in [2.24, 2.45) is 5.16 Å². The van der Waals surface area contributed by atoms with Gasteiger partial charge in [-0.25, -0.2) is 0 Å². The number of ether oxygens (including phenoxy) is 1. The van der Waals surface area contributed by atoms with Gasteiger partial charge in [-0.1, -0.05) is 22.9 Å². The lowest BCUT2D eigenvalue weighted by atomic mass is 10.2. The van der Waals surface area contributed by atoms with Crippen LogP contribution >= 0.6 is 0 Å². The number of rotatable bonds is 5.